The zero-order valence-corrected chi connectivity index (χ0v) is 15.6. The molecule has 25 heavy (non-hydrogen) atoms. The maximum absolute atomic E-state index is 12.3. The van der Waals surface area contributed by atoms with Gasteiger partial charge >= 0.3 is 6.09 Å². The lowest BCUT2D eigenvalue weighted by Gasteiger charge is -2.33. The summed E-state index contributed by atoms with van der Waals surface area (Å²) in [5, 5.41) is 3.65. The van der Waals surface area contributed by atoms with Crippen molar-refractivity contribution >= 4 is 35.2 Å². The molecule has 2 amide bonds. The van der Waals surface area contributed by atoms with Crippen LogP contribution >= 0.6 is 23.2 Å². The Labute approximate surface area is 157 Å². The van der Waals surface area contributed by atoms with Crippen LogP contribution in [0.4, 0.5) is 4.79 Å². The summed E-state index contributed by atoms with van der Waals surface area (Å²) < 4.78 is 10.4. The number of hydrogen-bond donors (Lipinski definition) is 1. The van der Waals surface area contributed by atoms with Crippen molar-refractivity contribution < 1.29 is 19.1 Å². The molecule has 8 heteroatoms. The highest BCUT2D eigenvalue weighted by Crippen LogP contribution is 2.26. The van der Waals surface area contributed by atoms with Gasteiger partial charge in [0.2, 0.25) is 5.91 Å². The van der Waals surface area contributed by atoms with Crippen LogP contribution in [0.5, 0.6) is 5.75 Å². The number of hydrogen-bond acceptors (Lipinski definition) is 4. The van der Waals surface area contributed by atoms with Gasteiger partial charge in [-0.05, 0) is 31.9 Å². The number of nitrogens with one attached hydrogen (secondary N) is 1. The second-order valence-corrected chi connectivity index (χ2v) is 6.53. The third-order valence-electron chi connectivity index (χ3n) is 3.85. The molecular formula is C17H22Cl2N2O4. The summed E-state index contributed by atoms with van der Waals surface area (Å²) in [5.41, 5.74) is 0. The fraction of sp³-hybridized carbons (Fsp3) is 0.529. The summed E-state index contributed by atoms with van der Waals surface area (Å²) in [4.78, 5) is 25.6. The van der Waals surface area contributed by atoms with E-state index in [9.17, 15) is 9.59 Å². The number of carbonyl (C=O) groups is 2. The molecule has 1 aliphatic rings. The van der Waals surface area contributed by atoms with Crippen LogP contribution in [0.3, 0.4) is 0 Å². The number of alkyl carbamates (subject to hydrolysis) is 1. The van der Waals surface area contributed by atoms with Crippen molar-refractivity contribution in [3.63, 3.8) is 0 Å². The van der Waals surface area contributed by atoms with Crippen molar-refractivity contribution in [1.29, 1.82) is 0 Å². The summed E-state index contributed by atoms with van der Waals surface area (Å²) in [6, 6.07) is 4.90. The number of nitrogens with zero attached hydrogens (tertiary/aromatic N) is 1. The van der Waals surface area contributed by atoms with Crippen LogP contribution in [0, 0.1) is 0 Å². The minimum atomic E-state index is -0.440. The standard InChI is InChI=1S/C17H22Cl2N2O4/c1-2-24-17(23)20-12-4-3-8-21(11-12)16(22)7-9-25-13-5-6-14(18)15(19)10-13/h5-6,10,12H,2-4,7-9,11H2,1H3,(H,20,23). The first-order valence-electron chi connectivity index (χ1n) is 8.28. The molecule has 1 saturated heterocycles. The van der Waals surface area contributed by atoms with Gasteiger partial charge in [-0.25, -0.2) is 4.79 Å². The van der Waals surface area contributed by atoms with Crippen LogP contribution in [0.25, 0.3) is 0 Å². The molecule has 1 aliphatic heterocycles. The molecule has 138 valence electrons. The fourth-order valence-corrected chi connectivity index (χ4v) is 2.93. The molecule has 1 atom stereocenters. The van der Waals surface area contributed by atoms with E-state index in [4.69, 9.17) is 32.7 Å². The number of benzene rings is 1. The highest BCUT2D eigenvalue weighted by atomic mass is 35.5. The van der Waals surface area contributed by atoms with Crippen LogP contribution in [-0.2, 0) is 9.53 Å². The van der Waals surface area contributed by atoms with Gasteiger partial charge in [0.25, 0.3) is 0 Å². The first-order chi connectivity index (χ1) is 12.0. The van der Waals surface area contributed by atoms with Crippen LogP contribution in [0.2, 0.25) is 10.0 Å². The molecule has 0 bridgehead atoms. The minimum absolute atomic E-state index is 0.00424. The van der Waals surface area contributed by atoms with Gasteiger partial charge in [0.1, 0.15) is 5.75 Å². The topological polar surface area (TPSA) is 67.9 Å². The molecule has 0 saturated carbocycles. The van der Waals surface area contributed by atoms with Crippen molar-refractivity contribution in [3.05, 3.63) is 28.2 Å². The number of piperidine rings is 1. The molecule has 0 aliphatic carbocycles. The molecule has 1 fully saturated rings. The number of rotatable bonds is 6. The van der Waals surface area contributed by atoms with Crippen molar-refractivity contribution in [2.24, 2.45) is 0 Å². The molecule has 1 heterocycles. The lowest BCUT2D eigenvalue weighted by atomic mass is 10.1. The van der Waals surface area contributed by atoms with Gasteiger partial charge in [-0.1, -0.05) is 23.2 Å². The summed E-state index contributed by atoms with van der Waals surface area (Å²) in [7, 11) is 0. The maximum atomic E-state index is 12.3. The first-order valence-corrected chi connectivity index (χ1v) is 9.04. The highest BCUT2D eigenvalue weighted by molar-refractivity contribution is 6.42. The van der Waals surface area contributed by atoms with E-state index in [0.29, 0.717) is 35.5 Å². The average molecular weight is 389 g/mol. The van der Waals surface area contributed by atoms with Crippen LogP contribution in [0.15, 0.2) is 18.2 Å². The van der Waals surface area contributed by atoms with Gasteiger partial charge in [0, 0.05) is 25.2 Å². The van der Waals surface area contributed by atoms with Crippen LogP contribution in [-0.4, -0.2) is 49.2 Å². The molecule has 1 unspecified atom stereocenters. The first kappa shape index (κ1) is 19.7. The van der Waals surface area contributed by atoms with Gasteiger partial charge in [0.05, 0.1) is 29.7 Å². The Morgan fingerprint density at radius 1 is 1.32 bits per heavy atom. The Morgan fingerprint density at radius 2 is 2.12 bits per heavy atom. The summed E-state index contributed by atoms with van der Waals surface area (Å²) in [5.74, 6) is 0.568. The number of carbonyl (C=O) groups excluding carboxylic acids is 2. The van der Waals surface area contributed by atoms with Crippen molar-refractivity contribution in [1.82, 2.24) is 10.2 Å². The molecule has 0 aromatic heterocycles. The number of likely N-dealkylation sites (tertiary alicyclic amines) is 1. The van der Waals surface area contributed by atoms with Crippen LogP contribution in [0.1, 0.15) is 26.2 Å². The third-order valence-corrected chi connectivity index (χ3v) is 4.59. The summed E-state index contributed by atoms with van der Waals surface area (Å²) in [6.45, 7) is 3.51. The number of amides is 2. The zero-order chi connectivity index (χ0) is 18.2. The molecule has 2 rings (SSSR count). The Bertz CT molecular complexity index is 612. The van der Waals surface area contributed by atoms with E-state index in [1.807, 2.05) is 0 Å². The van der Waals surface area contributed by atoms with Crippen LogP contribution < -0.4 is 10.1 Å². The van der Waals surface area contributed by atoms with E-state index in [0.717, 1.165) is 12.8 Å². The molecule has 6 nitrogen and oxygen atoms in total. The molecule has 1 aromatic rings. The molecule has 0 spiro atoms. The smallest absolute Gasteiger partial charge is 0.407 e. The van der Waals surface area contributed by atoms with E-state index in [2.05, 4.69) is 5.32 Å². The van der Waals surface area contributed by atoms with Crippen molar-refractivity contribution in [2.45, 2.75) is 32.2 Å². The van der Waals surface area contributed by atoms with E-state index >= 15 is 0 Å². The lowest BCUT2D eigenvalue weighted by Crippen LogP contribution is -2.49. The Hall–Kier alpha value is -1.66. The Balaban J connectivity index is 1.76. The highest BCUT2D eigenvalue weighted by Gasteiger charge is 2.24. The molecule has 1 N–H and O–H groups in total. The van der Waals surface area contributed by atoms with E-state index < -0.39 is 6.09 Å². The lowest BCUT2D eigenvalue weighted by molar-refractivity contribution is -0.133. The normalized spacial score (nSPS) is 17.1. The third kappa shape index (κ3) is 6.29. The largest absolute Gasteiger partial charge is 0.493 e. The van der Waals surface area contributed by atoms with Gasteiger partial charge < -0.3 is 19.7 Å². The second-order valence-electron chi connectivity index (χ2n) is 5.72. The quantitative estimate of drug-likeness (QED) is 0.809. The van der Waals surface area contributed by atoms with E-state index in [1.54, 1.807) is 30.0 Å². The van der Waals surface area contributed by atoms with Crippen molar-refractivity contribution in [3.8, 4) is 5.75 Å². The van der Waals surface area contributed by atoms with Crippen molar-refractivity contribution in [2.75, 3.05) is 26.3 Å². The predicted octanol–water partition coefficient (Wildman–Crippen LogP) is 3.50. The fourth-order valence-electron chi connectivity index (χ4n) is 2.64. The molecule has 1 aromatic carbocycles. The monoisotopic (exact) mass is 388 g/mol. The summed E-state index contributed by atoms with van der Waals surface area (Å²) >= 11 is 11.8. The van der Waals surface area contributed by atoms with Gasteiger partial charge in [-0.2, -0.15) is 0 Å². The molecular weight excluding hydrogens is 367 g/mol. The van der Waals surface area contributed by atoms with E-state index in [-0.39, 0.29) is 25.0 Å². The average Bonchev–Trinajstić information content (AvgIpc) is 2.58. The minimum Gasteiger partial charge on any atom is -0.493 e. The Morgan fingerprint density at radius 3 is 2.84 bits per heavy atom. The van der Waals surface area contributed by atoms with Gasteiger partial charge in [-0.3, -0.25) is 4.79 Å². The SMILES string of the molecule is CCOC(=O)NC1CCCN(C(=O)CCOc2ccc(Cl)c(Cl)c2)C1. The van der Waals surface area contributed by atoms with Gasteiger partial charge in [-0.15, -0.1) is 0 Å². The second kappa shape index (κ2) is 9.73. The van der Waals surface area contributed by atoms with E-state index in [1.165, 1.54) is 0 Å². The Kier molecular flexibility index (Phi) is 7.65. The molecule has 0 radical (unpaired) electrons. The number of ether oxygens (including phenoxy) is 2. The van der Waals surface area contributed by atoms with Gasteiger partial charge in [0.15, 0.2) is 0 Å². The summed E-state index contributed by atoms with van der Waals surface area (Å²) in [6.07, 6.45) is 1.50. The zero-order valence-electron chi connectivity index (χ0n) is 14.1. The predicted molar refractivity (Wildman–Crippen MR) is 96.3 cm³/mol. The number of halogens is 2. The maximum Gasteiger partial charge on any atom is 0.407 e.